The predicted molar refractivity (Wildman–Crippen MR) is 222 cm³/mol. The second-order valence-corrected chi connectivity index (χ2v) is 14.8. The van der Waals surface area contributed by atoms with Gasteiger partial charge in [-0.05, 0) is 85.3 Å². The van der Waals surface area contributed by atoms with Gasteiger partial charge in [-0.15, -0.1) is 0 Å². The Hall–Kier alpha value is -5.14. The van der Waals surface area contributed by atoms with Crippen LogP contribution in [0.25, 0.3) is 11.1 Å². The topological polar surface area (TPSA) is 139 Å². The first-order valence-corrected chi connectivity index (χ1v) is 19.8. The summed E-state index contributed by atoms with van der Waals surface area (Å²) in [5.74, 6) is -0.417. The Kier molecular flexibility index (Phi) is 14.3. The molecule has 6 rings (SSSR count). The van der Waals surface area contributed by atoms with E-state index in [1.165, 1.54) is 14.2 Å². The van der Waals surface area contributed by atoms with Crippen LogP contribution in [0.1, 0.15) is 58.3 Å². The van der Waals surface area contributed by atoms with Gasteiger partial charge in [0.25, 0.3) is 0 Å². The van der Waals surface area contributed by atoms with E-state index in [1.807, 2.05) is 38.1 Å². The average molecular weight is 832 g/mol. The average Bonchev–Trinajstić information content (AvgIpc) is 3.93. The lowest BCUT2D eigenvalue weighted by atomic mass is 9.92. The van der Waals surface area contributed by atoms with E-state index in [1.54, 1.807) is 24.3 Å². The Morgan fingerprint density at radius 3 is 1.50 bits per heavy atom. The normalized spacial score (nSPS) is 18.7. The lowest BCUT2D eigenvalue weighted by Crippen LogP contribution is -2.26. The maximum atomic E-state index is 12.8. The number of hydrogen-bond acceptors (Lipinski definition) is 12. The van der Waals surface area contributed by atoms with Crippen LogP contribution in [0.5, 0.6) is 23.5 Å². The van der Waals surface area contributed by atoms with Crippen molar-refractivity contribution in [2.75, 3.05) is 40.5 Å². The van der Waals surface area contributed by atoms with E-state index in [0.29, 0.717) is 58.9 Å². The van der Waals surface area contributed by atoms with Crippen molar-refractivity contribution < 1.29 is 38.0 Å². The van der Waals surface area contributed by atoms with Crippen LogP contribution in [0, 0.1) is 25.7 Å². The number of hydrogen-bond donors (Lipinski definition) is 2. The Morgan fingerprint density at radius 1 is 0.707 bits per heavy atom. The molecule has 0 aliphatic carbocycles. The molecular formula is C44H48Cl2N4O8. The van der Waals surface area contributed by atoms with Gasteiger partial charge in [-0.1, -0.05) is 84.9 Å². The Bertz CT molecular complexity index is 2010. The SMILES string of the molecule is C=CCOC(=O)[C@H]1CCN[C@H]1c1cc(Cl)c(OCc2cccc(-c3cccc(COc4nc(OC)c([C@@H]5NCC[C@@H]5C(=O)OCC=C)cc4Cl)c3C)c2C)nc1OC. The zero-order valence-corrected chi connectivity index (χ0v) is 34.6. The maximum Gasteiger partial charge on any atom is 0.311 e. The van der Waals surface area contributed by atoms with Crippen LogP contribution in [0.2, 0.25) is 10.0 Å². The molecule has 0 radical (unpaired) electrons. The van der Waals surface area contributed by atoms with Crippen molar-refractivity contribution in [1.29, 1.82) is 0 Å². The molecule has 14 heteroatoms. The number of ether oxygens (including phenoxy) is 6. The van der Waals surface area contributed by atoms with Gasteiger partial charge in [0.1, 0.15) is 36.5 Å². The molecule has 2 aromatic heterocycles. The molecule has 2 aromatic carbocycles. The van der Waals surface area contributed by atoms with Crippen LogP contribution in [0.3, 0.4) is 0 Å². The Balaban J connectivity index is 1.16. The molecule has 0 saturated carbocycles. The number of pyridine rings is 2. The van der Waals surface area contributed by atoms with Gasteiger partial charge >= 0.3 is 11.9 Å². The molecule has 0 spiro atoms. The smallest absolute Gasteiger partial charge is 0.311 e. The van der Waals surface area contributed by atoms with Crippen molar-refractivity contribution in [1.82, 2.24) is 20.6 Å². The Morgan fingerprint density at radius 2 is 1.12 bits per heavy atom. The lowest BCUT2D eigenvalue weighted by Gasteiger charge is -2.21. The standard InChI is InChI=1S/C44H48Cl2N4O8/c1-7-19-55-43(51)31-15-17-47-37(31)33-21-35(45)41(49-39(33)53-5)57-23-27-11-9-13-29(25(27)3)30-14-10-12-28(26(30)4)24-58-42-36(46)22-34(40(50-42)54-6)38-32(16-18-48-38)44(52)56-20-8-2/h7-14,21-22,31-32,37-38,47-48H,1-2,15-20,23-24H2,3-6H3/t31-,32-,37+,38+/m0/s1. The molecule has 2 fully saturated rings. The largest absolute Gasteiger partial charge is 0.481 e. The van der Waals surface area contributed by atoms with E-state index in [2.05, 4.69) is 45.9 Å². The molecule has 12 nitrogen and oxygen atoms in total. The fraction of sp³-hybridized carbons (Fsp3) is 0.364. The van der Waals surface area contributed by atoms with Gasteiger partial charge in [0.05, 0.1) is 38.1 Å². The van der Waals surface area contributed by atoms with Crippen LogP contribution in [0.15, 0.2) is 73.8 Å². The van der Waals surface area contributed by atoms with Crippen molar-refractivity contribution in [2.45, 2.75) is 52.0 Å². The van der Waals surface area contributed by atoms with Crippen LogP contribution < -0.4 is 29.6 Å². The first kappa shape index (κ1) is 42.5. The van der Waals surface area contributed by atoms with Gasteiger partial charge < -0.3 is 39.1 Å². The summed E-state index contributed by atoms with van der Waals surface area (Å²) in [5, 5.41) is 7.30. The van der Waals surface area contributed by atoms with E-state index in [9.17, 15) is 9.59 Å². The third-order valence-electron chi connectivity index (χ3n) is 10.6. The van der Waals surface area contributed by atoms with Crippen molar-refractivity contribution in [3.05, 3.63) is 117 Å². The van der Waals surface area contributed by atoms with Crippen molar-refractivity contribution in [2.24, 2.45) is 11.8 Å². The molecule has 0 amide bonds. The van der Waals surface area contributed by atoms with Gasteiger partial charge in [-0.3, -0.25) is 9.59 Å². The van der Waals surface area contributed by atoms with Crippen molar-refractivity contribution >= 4 is 35.1 Å². The zero-order chi connectivity index (χ0) is 41.3. The summed E-state index contributed by atoms with van der Waals surface area (Å²) in [6, 6.07) is 14.8. The van der Waals surface area contributed by atoms with Crippen LogP contribution in [-0.4, -0.2) is 62.4 Å². The minimum atomic E-state index is -0.419. The molecule has 4 atom stereocenters. The molecule has 2 N–H and O–H groups in total. The number of rotatable bonds is 17. The van der Waals surface area contributed by atoms with Gasteiger partial charge in [-0.25, -0.2) is 0 Å². The maximum absolute atomic E-state index is 12.8. The molecule has 58 heavy (non-hydrogen) atoms. The van der Waals surface area contributed by atoms with Crippen molar-refractivity contribution in [3.8, 4) is 34.6 Å². The van der Waals surface area contributed by atoms with Gasteiger partial charge in [0.2, 0.25) is 23.5 Å². The number of carbonyl (C=O) groups is 2. The summed E-state index contributed by atoms with van der Waals surface area (Å²) < 4.78 is 34.4. The third-order valence-corrected chi connectivity index (χ3v) is 11.1. The number of carbonyl (C=O) groups excluding carboxylic acids is 2. The zero-order valence-electron chi connectivity index (χ0n) is 33.1. The van der Waals surface area contributed by atoms with Crippen LogP contribution in [0.4, 0.5) is 0 Å². The number of halogens is 2. The van der Waals surface area contributed by atoms with Crippen molar-refractivity contribution in [3.63, 3.8) is 0 Å². The van der Waals surface area contributed by atoms with E-state index >= 15 is 0 Å². The Labute approximate surface area is 348 Å². The first-order valence-electron chi connectivity index (χ1n) is 19.0. The highest BCUT2D eigenvalue weighted by Gasteiger charge is 2.39. The van der Waals surface area contributed by atoms with Crippen LogP contribution in [-0.2, 0) is 32.3 Å². The van der Waals surface area contributed by atoms with E-state index < -0.39 is 11.8 Å². The molecule has 4 heterocycles. The van der Waals surface area contributed by atoms with E-state index in [4.69, 9.17) is 51.6 Å². The second kappa shape index (κ2) is 19.5. The summed E-state index contributed by atoms with van der Waals surface area (Å²) in [7, 11) is 3.04. The third kappa shape index (κ3) is 9.26. The number of benzene rings is 2. The molecule has 0 bridgehead atoms. The molecule has 4 aromatic rings. The summed E-state index contributed by atoms with van der Waals surface area (Å²) in [4.78, 5) is 34.7. The van der Waals surface area contributed by atoms with Crippen LogP contribution >= 0.6 is 23.2 Å². The predicted octanol–water partition coefficient (Wildman–Crippen LogP) is 8.00. The van der Waals surface area contributed by atoms with Gasteiger partial charge in [0.15, 0.2) is 0 Å². The first-order chi connectivity index (χ1) is 28.1. The number of methoxy groups -OCH3 is 2. The fourth-order valence-corrected chi connectivity index (χ4v) is 7.96. The molecule has 2 aliphatic rings. The molecule has 2 aliphatic heterocycles. The highest BCUT2D eigenvalue weighted by atomic mass is 35.5. The fourth-order valence-electron chi connectivity index (χ4n) is 7.53. The molecular weight excluding hydrogens is 783 g/mol. The van der Waals surface area contributed by atoms with E-state index in [-0.39, 0.29) is 62.2 Å². The van der Waals surface area contributed by atoms with E-state index in [0.717, 1.165) is 33.4 Å². The number of esters is 2. The lowest BCUT2D eigenvalue weighted by molar-refractivity contribution is -0.148. The quantitative estimate of drug-likeness (QED) is 0.0788. The number of nitrogens with one attached hydrogen (secondary N) is 2. The summed E-state index contributed by atoms with van der Waals surface area (Å²) in [6.07, 6.45) is 4.30. The second-order valence-electron chi connectivity index (χ2n) is 14.0. The highest BCUT2D eigenvalue weighted by molar-refractivity contribution is 6.32. The highest BCUT2D eigenvalue weighted by Crippen LogP contribution is 2.41. The monoisotopic (exact) mass is 830 g/mol. The molecule has 0 unspecified atom stereocenters. The van der Waals surface area contributed by atoms with Gasteiger partial charge in [0, 0.05) is 11.1 Å². The summed E-state index contributed by atoms with van der Waals surface area (Å²) in [5.41, 5.74) is 7.30. The summed E-state index contributed by atoms with van der Waals surface area (Å²) in [6.45, 7) is 13.3. The number of nitrogens with zero attached hydrogens (tertiary/aromatic N) is 2. The molecule has 306 valence electrons. The molecule has 2 saturated heterocycles. The minimum absolute atomic E-state index is 0.142. The number of aromatic nitrogens is 2. The van der Waals surface area contributed by atoms with Gasteiger partial charge in [-0.2, -0.15) is 9.97 Å². The summed E-state index contributed by atoms with van der Waals surface area (Å²) >= 11 is 13.5. The minimum Gasteiger partial charge on any atom is -0.481 e.